The molecule has 1 amide bonds. The van der Waals surface area contributed by atoms with Crippen LogP contribution >= 0.6 is 0 Å². The van der Waals surface area contributed by atoms with Gasteiger partial charge in [0.15, 0.2) is 6.61 Å². The minimum Gasteiger partial charge on any atom is -0.484 e. The van der Waals surface area contributed by atoms with E-state index in [1.165, 1.54) is 6.39 Å². The molecule has 0 aliphatic heterocycles. The standard InChI is InChI=1S/C16H15N3O4/c1-11(14-3-2-8-21-14)18-15(20)9-22-13-6-4-12(5-7-13)16-19-17-10-23-16/h2-8,10-11H,9H2,1H3,(H,18,20)/t11-/m0/s1. The van der Waals surface area contributed by atoms with Crippen LogP contribution < -0.4 is 10.1 Å². The van der Waals surface area contributed by atoms with E-state index in [0.717, 1.165) is 5.56 Å². The molecule has 0 bridgehead atoms. The van der Waals surface area contributed by atoms with E-state index in [0.29, 0.717) is 17.4 Å². The third-order valence-corrected chi connectivity index (χ3v) is 3.18. The summed E-state index contributed by atoms with van der Waals surface area (Å²) in [6.45, 7) is 1.76. The van der Waals surface area contributed by atoms with Crippen molar-refractivity contribution in [1.82, 2.24) is 15.5 Å². The van der Waals surface area contributed by atoms with Gasteiger partial charge in [0.25, 0.3) is 5.91 Å². The van der Waals surface area contributed by atoms with Crippen LogP contribution in [0.2, 0.25) is 0 Å². The smallest absolute Gasteiger partial charge is 0.258 e. The van der Waals surface area contributed by atoms with E-state index in [-0.39, 0.29) is 18.6 Å². The zero-order valence-electron chi connectivity index (χ0n) is 12.4. The maximum Gasteiger partial charge on any atom is 0.258 e. The first-order valence-electron chi connectivity index (χ1n) is 7.04. The molecular formula is C16H15N3O4. The van der Waals surface area contributed by atoms with Gasteiger partial charge in [0.1, 0.15) is 11.5 Å². The summed E-state index contributed by atoms with van der Waals surface area (Å²) in [6, 6.07) is 10.4. The Hall–Kier alpha value is -3.09. The summed E-state index contributed by atoms with van der Waals surface area (Å²) in [5.41, 5.74) is 0.783. The van der Waals surface area contributed by atoms with Crippen LogP contribution in [0.3, 0.4) is 0 Å². The van der Waals surface area contributed by atoms with Gasteiger partial charge in [-0.3, -0.25) is 4.79 Å². The SMILES string of the molecule is C[C@H](NC(=O)COc1ccc(-c2nnco2)cc1)c1ccco1. The molecule has 7 nitrogen and oxygen atoms in total. The lowest BCUT2D eigenvalue weighted by Crippen LogP contribution is -2.31. The molecule has 1 aromatic carbocycles. The monoisotopic (exact) mass is 313 g/mol. The highest BCUT2D eigenvalue weighted by Crippen LogP contribution is 2.20. The number of hydrogen-bond donors (Lipinski definition) is 1. The van der Waals surface area contributed by atoms with Crippen LogP contribution in [0.1, 0.15) is 18.7 Å². The number of carbonyl (C=O) groups excluding carboxylic acids is 1. The summed E-state index contributed by atoms with van der Waals surface area (Å²) in [6.07, 6.45) is 2.84. The van der Waals surface area contributed by atoms with Crippen molar-refractivity contribution < 1.29 is 18.4 Å². The second-order valence-corrected chi connectivity index (χ2v) is 4.86. The molecule has 0 saturated carbocycles. The van der Waals surface area contributed by atoms with Crippen molar-refractivity contribution in [1.29, 1.82) is 0 Å². The van der Waals surface area contributed by atoms with Gasteiger partial charge in [-0.25, -0.2) is 0 Å². The Morgan fingerprint density at radius 1 is 1.26 bits per heavy atom. The van der Waals surface area contributed by atoms with Gasteiger partial charge in [0, 0.05) is 5.56 Å². The van der Waals surface area contributed by atoms with Crippen molar-refractivity contribution >= 4 is 5.91 Å². The summed E-state index contributed by atoms with van der Waals surface area (Å²) in [5, 5.41) is 10.2. The molecule has 0 unspecified atom stereocenters. The van der Waals surface area contributed by atoms with Crippen LogP contribution in [0.25, 0.3) is 11.5 Å². The number of ether oxygens (including phenoxy) is 1. The van der Waals surface area contributed by atoms with Crippen LogP contribution in [0.15, 0.2) is 57.9 Å². The molecule has 2 aromatic heterocycles. The van der Waals surface area contributed by atoms with Crippen LogP contribution in [0.5, 0.6) is 5.75 Å². The molecule has 7 heteroatoms. The maximum absolute atomic E-state index is 11.9. The zero-order valence-corrected chi connectivity index (χ0v) is 12.4. The number of amides is 1. The molecule has 0 aliphatic rings. The van der Waals surface area contributed by atoms with Gasteiger partial charge >= 0.3 is 0 Å². The summed E-state index contributed by atoms with van der Waals surface area (Å²) in [7, 11) is 0. The topological polar surface area (TPSA) is 90.4 Å². The Kier molecular flexibility index (Phi) is 4.37. The van der Waals surface area contributed by atoms with E-state index in [2.05, 4.69) is 15.5 Å². The minimum atomic E-state index is -0.227. The molecule has 23 heavy (non-hydrogen) atoms. The fourth-order valence-corrected chi connectivity index (χ4v) is 2.03. The first-order chi connectivity index (χ1) is 11.2. The average molecular weight is 313 g/mol. The number of hydrogen-bond acceptors (Lipinski definition) is 6. The Labute approximate surface area is 132 Å². The number of nitrogens with zero attached hydrogens (tertiary/aromatic N) is 2. The van der Waals surface area contributed by atoms with Gasteiger partial charge in [0.2, 0.25) is 12.3 Å². The number of furan rings is 1. The second kappa shape index (κ2) is 6.78. The van der Waals surface area contributed by atoms with Crippen LogP contribution in [-0.2, 0) is 4.79 Å². The Morgan fingerprint density at radius 3 is 2.74 bits per heavy atom. The highest BCUT2D eigenvalue weighted by atomic mass is 16.5. The number of benzene rings is 1. The van der Waals surface area contributed by atoms with Crippen LogP contribution in [0.4, 0.5) is 0 Å². The van der Waals surface area contributed by atoms with Crippen molar-refractivity contribution in [3.63, 3.8) is 0 Å². The molecule has 3 aromatic rings. The summed E-state index contributed by atoms with van der Waals surface area (Å²) in [5.74, 6) is 1.48. The lowest BCUT2D eigenvalue weighted by atomic mass is 10.2. The zero-order chi connectivity index (χ0) is 16.1. The van der Waals surface area contributed by atoms with E-state index in [1.807, 2.05) is 13.0 Å². The van der Waals surface area contributed by atoms with E-state index in [4.69, 9.17) is 13.6 Å². The largest absolute Gasteiger partial charge is 0.484 e. The van der Waals surface area contributed by atoms with Gasteiger partial charge in [-0.2, -0.15) is 0 Å². The highest BCUT2D eigenvalue weighted by molar-refractivity contribution is 5.77. The molecule has 0 radical (unpaired) electrons. The quantitative estimate of drug-likeness (QED) is 0.752. The second-order valence-electron chi connectivity index (χ2n) is 4.86. The molecule has 0 saturated heterocycles. The van der Waals surface area contributed by atoms with Gasteiger partial charge in [-0.15, -0.1) is 10.2 Å². The van der Waals surface area contributed by atoms with E-state index in [9.17, 15) is 4.79 Å². The van der Waals surface area contributed by atoms with Crippen molar-refractivity contribution in [2.45, 2.75) is 13.0 Å². The number of rotatable bonds is 6. The van der Waals surface area contributed by atoms with E-state index >= 15 is 0 Å². The van der Waals surface area contributed by atoms with Crippen molar-refractivity contribution in [2.75, 3.05) is 6.61 Å². The lowest BCUT2D eigenvalue weighted by Gasteiger charge is -2.12. The average Bonchev–Trinajstić information content (AvgIpc) is 3.26. The van der Waals surface area contributed by atoms with Gasteiger partial charge in [0.05, 0.1) is 12.3 Å². The molecule has 1 N–H and O–H groups in total. The van der Waals surface area contributed by atoms with Crippen molar-refractivity contribution in [3.05, 3.63) is 54.8 Å². The fourth-order valence-electron chi connectivity index (χ4n) is 2.03. The minimum absolute atomic E-state index is 0.0784. The molecule has 0 aliphatic carbocycles. The normalized spacial score (nSPS) is 11.9. The van der Waals surface area contributed by atoms with E-state index < -0.39 is 0 Å². The molecule has 1 atom stereocenters. The highest BCUT2D eigenvalue weighted by Gasteiger charge is 2.12. The van der Waals surface area contributed by atoms with Crippen molar-refractivity contribution in [3.8, 4) is 17.2 Å². The number of nitrogens with one attached hydrogen (secondary N) is 1. The number of aromatic nitrogens is 2. The summed E-state index contributed by atoms with van der Waals surface area (Å²) < 4.78 is 15.8. The summed E-state index contributed by atoms with van der Waals surface area (Å²) in [4.78, 5) is 11.9. The fraction of sp³-hybridized carbons (Fsp3) is 0.188. The molecule has 0 spiro atoms. The third-order valence-electron chi connectivity index (χ3n) is 3.18. The van der Waals surface area contributed by atoms with E-state index in [1.54, 1.807) is 36.6 Å². The Bertz CT molecular complexity index is 736. The molecule has 118 valence electrons. The molecule has 2 heterocycles. The predicted octanol–water partition coefficient (Wildman–Crippen LogP) is 2.59. The first kappa shape index (κ1) is 14.8. The molecular weight excluding hydrogens is 298 g/mol. The van der Waals surface area contributed by atoms with Gasteiger partial charge in [-0.05, 0) is 43.3 Å². The predicted molar refractivity (Wildman–Crippen MR) is 80.5 cm³/mol. The van der Waals surface area contributed by atoms with Gasteiger partial charge in [-0.1, -0.05) is 0 Å². The summed E-state index contributed by atoms with van der Waals surface area (Å²) >= 11 is 0. The maximum atomic E-state index is 11.9. The molecule has 3 rings (SSSR count). The van der Waals surface area contributed by atoms with Crippen molar-refractivity contribution in [2.24, 2.45) is 0 Å². The van der Waals surface area contributed by atoms with Crippen LogP contribution in [0, 0.1) is 0 Å². The molecule has 0 fully saturated rings. The Morgan fingerprint density at radius 2 is 2.09 bits per heavy atom. The Balaban J connectivity index is 1.51. The third kappa shape index (κ3) is 3.76. The van der Waals surface area contributed by atoms with Crippen LogP contribution in [-0.4, -0.2) is 22.7 Å². The lowest BCUT2D eigenvalue weighted by molar-refractivity contribution is -0.123. The van der Waals surface area contributed by atoms with Gasteiger partial charge < -0.3 is 18.9 Å². The first-order valence-corrected chi connectivity index (χ1v) is 7.04. The number of carbonyl (C=O) groups is 1.